The number of rotatable bonds is 8. The molecule has 7 heteroatoms. The molecule has 0 spiro atoms. The van der Waals surface area contributed by atoms with E-state index in [1.807, 2.05) is 0 Å². The Bertz CT molecular complexity index is 514. The summed E-state index contributed by atoms with van der Waals surface area (Å²) < 4.78 is 43.6. The second-order valence-corrected chi connectivity index (χ2v) is 6.75. The quantitative estimate of drug-likeness (QED) is 0.752. The van der Waals surface area contributed by atoms with Crippen molar-refractivity contribution in [3.8, 4) is 0 Å². The fraction of sp³-hybridized carbons (Fsp3) is 0.538. The van der Waals surface area contributed by atoms with Crippen LogP contribution in [0.2, 0.25) is 0 Å². The normalized spacial score (nSPS) is 15.0. The molecule has 1 aromatic carbocycles. The highest BCUT2D eigenvalue weighted by Gasteiger charge is 2.23. The van der Waals surface area contributed by atoms with E-state index in [2.05, 4.69) is 4.72 Å². The Morgan fingerprint density at radius 1 is 1.35 bits per heavy atom. The first-order valence-corrected chi connectivity index (χ1v) is 7.82. The highest BCUT2D eigenvalue weighted by molar-refractivity contribution is 7.88. The minimum atomic E-state index is -3.58. The van der Waals surface area contributed by atoms with E-state index < -0.39 is 21.4 Å². The molecule has 0 saturated carbocycles. The van der Waals surface area contributed by atoms with Crippen molar-refractivity contribution in [3.63, 3.8) is 0 Å². The number of methoxy groups -OCH3 is 1. The van der Waals surface area contributed by atoms with Crippen molar-refractivity contribution in [1.82, 2.24) is 4.72 Å². The number of sulfonamides is 1. The molecule has 0 aliphatic heterocycles. The Balaban J connectivity index is 2.55. The molecule has 20 heavy (non-hydrogen) atoms. The van der Waals surface area contributed by atoms with Crippen molar-refractivity contribution >= 4 is 10.0 Å². The van der Waals surface area contributed by atoms with Gasteiger partial charge in [0.05, 0.1) is 11.4 Å². The number of nitrogens with one attached hydrogen (secondary N) is 1. The highest BCUT2D eigenvalue weighted by atomic mass is 32.2. The van der Waals surface area contributed by atoms with Gasteiger partial charge in [0.25, 0.3) is 0 Å². The standard InChI is InChI=1S/C13H20FNO4S/c1-13(16,7-8-19-2)10-15-20(17,18)9-11-3-5-12(14)6-4-11/h3-6,15-16H,7-10H2,1-2H3. The number of benzene rings is 1. The second kappa shape index (κ2) is 7.12. The summed E-state index contributed by atoms with van der Waals surface area (Å²) in [6.45, 7) is 1.78. The fourth-order valence-electron chi connectivity index (χ4n) is 1.53. The van der Waals surface area contributed by atoms with Crippen molar-refractivity contribution in [3.05, 3.63) is 35.6 Å². The van der Waals surface area contributed by atoms with Gasteiger partial charge in [-0.3, -0.25) is 0 Å². The van der Waals surface area contributed by atoms with Gasteiger partial charge in [0.2, 0.25) is 10.0 Å². The number of ether oxygens (including phenoxy) is 1. The summed E-state index contributed by atoms with van der Waals surface area (Å²) >= 11 is 0. The maximum atomic E-state index is 12.7. The SMILES string of the molecule is COCCC(C)(O)CNS(=O)(=O)Cc1ccc(F)cc1. The van der Waals surface area contributed by atoms with E-state index in [-0.39, 0.29) is 12.3 Å². The molecule has 1 atom stereocenters. The number of halogens is 1. The van der Waals surface area contributed by atoms with Gasteiger partial charge in [-0.25, -0.2) is 17.5 Å². The van der Waals surface area contributed by atoms with Gasteiger partial charge in [-0.1, -0.05) is 12.1 Å². The zero-order chi connectivity index (χ0) is 15.2. The molecule has 0 aliphatic carbocycles. The summed E-state index contributed by atoms with van der Waals surface area (Å²) in [5.74, 6) is -0.671. The van der Waals surface area contributed by atoms with E-state index in [0.717, 1.165) is 0 Å². The van der Waals surface area contributed by atoms with E-state index in [9.17, 15) is 17.9 Å². The van der Waals surface area contributed by atoms with Crippen LogP contribution >= 0.6 is 0 Å². The van der Waals surface area contributed by atoms with Gasteiger partial charge in [-0.2, -0.15) is 0 Å². The van der Waals surface area contributed by atoms with Crippen molar-refractivity contribution < 1.29 is 22.7 Å². The van der Waals surface area contributed by atoms with Crippen LogP contribution in [0.5, 0.6) is 0 Å². The molecule has 0 bridgehead atoms. The zero-order valence-corrected chi connectivity index (χ0v) is 12.4. The van der Waals surface area contributed by atoms with Gasteiger partial charge in [-0.05, 0) is 24.6 Å². The Hall–Kier alpha value is -1.02. The summed E-state index contributed by atoms with van der Waals surface area (Å²) in [5.41, 5.74) is -0.693. The average Bonchev–Trinajstić information content (AvgIpc) is 2.37. The molecule has 1 aromatic rings. The third-order valence-electron chi connectivity index (χ3n) is 2.79. The van der Waals surface area contributed by atoms with Crippen molar-refractivity contribution in [1.29, 1.82) is 0 Å². The molecule has 5 nitrogen and oxygen atoms in total. The lowest BCUT2D eigenvalue weighted by atomic mass is 10.0. The third kappa shape index (κ3) is 6.42. The molecular formula is C13H20FNO4S. The monoisotopic (exact) mass is 305 g/mol. The molecule has 1 rings (SSSR count). The molecule has 114 valence electrons. The van der Waals surface area contributed by atoms with Crippen LogP contribution in [0.15, 0.2) is 24.3 Å². The summed E-state index contributed by atoms with van der Waals surface area (Å²) in [4.78, 5) is 0. The first kappa shape index (κ1) is 17.0. The van der Waals surface area contributed by atoms with Gasteiger partial charge in [0.1, 0.15) is 5.82 Å². The Morgan fingerprint density at radius 2 is 1.95 bits per heavy atom. The maximum Gasteiger partial charge on any atom is 0.215 e. The van der Waals surface area contributed by atoms with Crippen LogP contribution in [-0.2, 0) is 20.5 Å². The van der Waals surface area contributed by atoms with Crippen LogP contribution in [-0.4, -0.2) is 39.4 Å². The van der Waals surface area contributed by atoms with Crippen molar-refractivity contribution in [2.24, 2.45) is 0 Å². The summed E-state index contributed by atoms with van der Waals surface area (Å²) in [6.07, 6.45) is 0.322. The van der Waals surface area contributed by atoms with Crippen LogP contribution < -0.4 is 4.72 Å². The van der Waals surface area contributed by atoms with Crippen molar-refractivity contribution in [2.45, 2.75) is 24.7 Å². The first-order chi connectivity index (χ1) is 9.24. The number of hydrogen-bond acceptors (Lipinski definition) is 4. The molecular weight excluding hydrogens is 285 g/mol. The molecule has 0 saturated heterocycles. The summed E-state index contributed by atoms with van der Waals surface area (Å²) in [7, 11) is -2.07. The molecule has 1 unspecified atom stereocenters. The summed E-state index contributed by atoms with van der Waals surface area (Å²) in [6, 6.07) is 5.24. The Kier molecular flexibility index (Phi) is 6.07. The van der Waals surface area contributed by atoms with Crippen LogP contribution in [0, 0.1) is 5.82 Å². The van der Waals surface area contributed by atoms with E-state index in [1.54, 1.807) is 0 Å². The van der Waals surface area contributed by atoms with Gasteiger partial charge >= 0.3 is 0 Å². The van der Waals surface area contributed by atoms with Crippen LogP contribution in [0.4, 0.5) is 4.39 Å². The molecule has 2 N–H and O–H groups in total. The van der Waals surface area contributed by atoms with Gasteiger partial charge < -0.3 is 9.84 Å². The largest absolute Gasteiger partial charge is 0.389 e. The predicted octanol–water partition coefficient (Wildman–Crippen LogP) is 1.03. The molecule has 0 aliphatic rings. The van der Waals surface area contributed by atoms with E-state index in [0.29, 0.717) is 18.6 Å². The van der Waals surface area contributed by atoms with Crippen LogP contribution in [0.25, 0.3) is 0 Å². The highest BCUT2D eigenvalue weighted by Crippen LogP contribution is 2.10. The molecule has 0 aromatic heterocycles. The molecule has 0 amide bonds. The van der Waals surface area contributed by atoms with Gasteiger partial charge in [0, 0.05) is 26.7 Å². The average molecular weight is 305 g/mol. The van der Waals surface area contributed by atoms with Gasteiger partial charge in [0.15, 0.2) is 0 Å². The van der Waals surface area contributed by atoms with E-state index >= 15 is 0 Å². The predicted molar refractivity (Wildman–Crippen MR) is 74.1 cm³/mol. The molecule has 0 fully saturated rings. The first-order valence-electron chi connectivity index (χ1n) is 6.17. The van der Waals surface area contributed by atoms with Crippen molar-refractivity contribution in [2.75, 3.05) is 20.3 Å². The molecule has 0 heterocycles. The van der Waals surface area contributed by atoms with E-state index in [1.165, 1.54) is 38.3 Å². The lowest BCUT2D eigenvalue weighted by Gasteiger charge is -2.23. The maximum absolute atomic E-state index is 12.7. The lowest BCUT2D eigenvalue weighted by molar-refractivity contribution is 0.0292. The molecule has 0 radical (unpaired) electrons. The third-order valence-corrected chi connectivity index (χ3v) is 4.09. The smallest absolute Gasteiger partial charge is 0.215 e. The minimum Gasteiger partial charge on any atom is -0.389 e. The fourth-order valence-corrected chi connectivity index (χ4v) is 2.79. The Labute approximate surface area is 118 Å². The van der Waals surface area contributed by atoms with Crippen LogP contribution in [0.1, 0.15) is 18.9 Å². The summed E-state index contributed by atoms with van der Waals surface area (Å²) in [5, 5.41) is 9.95. The minimum absolute atomic E-state index is 0.0973. The topological polar surface area (TPSA) is 75.6 Å². The van der Waals surface area contributed by atoms with Gasteiger partial charge in [-0.15, -0.1) is 0 Å². The number of aliphatic hydroxyl groups is 1. The lowest BCUT2D eigenvalue weighted by Crippen LogP contribution is -2.41. The van der Waals surface area contributed by atoms with E-state index in [4.69, 9.17) is 4.74 Å². The number of hydrogen-bond donors (Lipinski definition) is 2. The zero-order valence-electron chi connectivity index (χ0n) is 11.6. The second-order valence-electron chi connectivity index (χ2n) is 4.95. The Morgan fingerprint density at radius 3 is 2.50 bits per heavy atom. The van der Waals surface area contributed by atoms with Crippen LogP contribution in [0.3, 0.4) is 0 Å².